The third-order valence-corrected chi connectivity index (χ3v) is 2.48. The fraction of sp³-hybridized carbons (Fsp3) is 0.333. The number of quaternary nitrogens is 1. The number of ether oxygens (including phenoxy) is 1. The van der Waals surface area contributed by atoms with E-state index in [1.807, 2.05) is 18.2 Å². The lowest BCUT2D eigenvalue weighted by atomic mass is 10.1. The first-order chi connectivity index (χ1) is 6.57. The molecule has 0 atom stereocenters. The van der Waals surface area contributed by atoms with Gasteiger partial charge in [0.25, 0.3) is 0 Å². The molecule has 0 saturated heterocycles. The fourth-order valence-electron chi connectivity index (χ4n) is 1.49. The normalized spacial score (nSPS) is 15.5. The van der Waals surface area contributed by atoms with Gasteiger partial charge in [0.15, 0.2) is 6.61 Å². The number of benzene rings is 1. The summed E-state index contributed by atoms with van der Waals surface area (Å²) in [6, 6.07) is 8.14. The largest absolute Gasteiger partial charge is 0.483 e. The molecule has 0 amide bonds. The van der Waals surface area contributed by atoms with Crippen LogP contribution in [0.1, 0.15) is 5.56 Å². The highest BCUT2D eigenvalue weighted by Gasteiger charge is 2.21. The lowest BCUT2D eigenvalue weighted by molar-refractivity contribution is -0.831. The van der Waals surface area contributed by atoms with Gasteiger partial charge in [-0.3, -0.25) is 4.48 Å². The van der Waals surface area contributed by atoms with E-state index >= 15 is 0 Å². The van der Waals surface area contributed by atoms with E-state index < -0.39 is 0 Å². The van der Waals surface area contributed by atoms with Crippen molar-refractivity contribution in [1.82, 2.24) is 0 Å². The average molecular weight is 190 g/mol. The van der Waals surface area contributed by atoms with Gasteiger partial charge in [-0.05, 0) is 6.07 Å². The van der Waals surface area contributed by atoms with Gasteiger partial charge in [-0.2, -0.15) is 0 Å². The van der Waals surface area contributed by atoms with Gasteiger partial charge >= 0.3 is 0 Å². The maximum Gasteiger partial charge on any atom is 0.162 e. The van der Waals surface area contributed by atoms with E-state index in [9.17, 15) is 0 Å². The number of para-hydroxylation sites is 1. The minimum atomic E-state index is 0.695. The van der Waals surface area contributed by atoms with Crippen molar-refractivity contribution in [3.8, 4) is 5.75 Å². The Kier molecular flexibility index (Phi) is 2.08. The Bertz CT molecular complexity index is 374. The molecule has 1 aromatic carbocycles. The molecule has 2 heteroatoms. The summed E-state index contributed by atoms with van der Waals surface area (Å²) >= 11 is 0. The maximum atomic E-state index is 5.68. The van der Waals surface area contributed by atoms with Gasteiger partial charge < -0.3 is 4.74 Å². The molecule has 0 spiro atoms. The van der Waals surface area contributed by atoms with Crippen molar-refractivity contribution in [3.63, 3.8) is 0 Å². The Labute approximate surface area is 85.0 Å². The molecule has 1 heterocycles. The maximum absolute atomic E-state index is 5.68. The SMILES string of the molecule is C[N+](C)(C)C1=Cc2ccccc2OC1. The first kappa shape index (κ1) is 9.28. The Morgan fingerprint density at radius 3 is 2.57 bits per heavy atom. The van der Waals surface area contributed by atoms with E-state index in [0.29, 0.717) is 6.61 Å². The van der Waals surface area contributed by atoms with Crippen LogP contribution in [0, 0.1) is 0 Å². The number of fused-ring (bicyclic) bond motifs is 1. The molecule has 2 nitrogen and oxygen atoms in total. The summed E-state index contributed by atoms with van der Waals surface area (Å²) in [6.45, 7) is 0.695. The third-order valence-electron chi connectivity index (χ3n) is 2.48. The molecule has 0 aliphatic carbocycles. The number of hydrogen-bond donors (Lipinski definition) is 0. The first-order valence-electron chi connectivity index (χ1n) is 4.82. The van der Waals surface area contributed by atoms with Crippen molar-refractivity contribution in [3.05, 3.63) is 35.5 Å². The van der Waals surface area contributed by atoms with Gasteiger partial charge in [-0.25, -0.2) is 0 Å². The topological polar surface area (TPSA) is 9.23 Å². The second-order valence-electron chi connectivity index (χ2n) is 4.47. The molecular weight excluding hydrogens is 174 g/mol. The minimum Gasteiger partial charge on any atom is -0.483 e. The summed E-state index contributed by atoms with van der Waals surface area (Å²) in [4.78, 5) is 0. The lowest BCUT2D eigenvalue weighted by Gasteiger charge is -2.29. The smallest absolute Gasteiger partial charge is 0.162 e. The van der Waals surface area contributed by atoms with Gasteiger partial charge in [0, 0.05) is 11.6 Å². The Hall–Kier alpha value is -1.28. The number of likely N-dealkylation sites (N-methyl/N-ethyl adjacent to an activating group) is 1. The molecule has 14 heavy (non-hydrogen) atoms. The molecular formula is C12H16NO+. The van der Waals surface area contributed by atoms with Crippen LogP contribution in [0.25, 0.3) is 6.08 Å². The number of hydrogen-bond acceptors (Lipinski definition) is 1. The van der Waals surface area contributed by atoms with Crippen molar-refractivity contribution in [1.29, 1.82) is 0 Å². The van der Waals surface area contributed by atoms with E-state index in [1.165, 1.54) is 11.3 Å². The summed E-state index contributed by atoms with van der Waals surface area (Å²) in [5.74, 6) is 0.990. The Morgan fingerprint density at radius 2 is 1.86 bits per heavy atom. The zero-order valence-electron chi connectivity index (χ0n) is 8.95. The van der Waals surface area contributed by atoms with Gasteiger partial charge in [-0.1, -0.05) is 18.2 Å². The van der Waals surface area contributed by atoms with Crippen molar-refractivity contribution >= 4 is 6.08 Å². The number of nitrogens with zero attached hydrogens (tertiary/aromatic N) is 1. The van der Waals surface area contributed by atoms with Crippen molar-refractivity contribution in [2.75, 3.05) is 27.7 Å². The predicted molar refractivity (Wildman–Crippen MR) is 57.9 cm³/mol. The third kappa shape index (κ3) is 1.66. The second-order valence-corrected chi connectivity index (χ2v) is 4.47. The number of rotatable bonds is 1. The zero-order valence-corrected chi connectivity index (χ0v) is 8.95. The second kappa shape index (κ2) is 3.14. The van der Waals surface area contributed by atoms with E-state index in [1.54, 1.807) is 0 Å². The summed E-state index contributed by atoms with van der Waals surface area (Å²) in [7, 11) is 6.47. The zero-order chi connectivity index (χ0) is 10.2. The molecule has 2 rings (SSSR count). The minimum absolute atomic E-state index is 0.695. The van der Waals surface area contributed by atoms with E-state index in [2.05, 4.69) is 33.3 Å². The quantitative estimate of drug-likeness (QED) is 0.616. The summed E-state index contributed by atoms with van der Waals surface area (Å²) < 4.78 is 6.51. The van der Waals surface area contributed by atoms with Crippen molar-refractivity contribution in [2.45, 2.75) is 0 Å². The molecule has 1 aliphatic rings. The molecule has 0 radical (unpaired) electrons. The monoisotopic (exact) mass is 190 g/mol. The Morgan fingerprint density at radius 1 is 1.14 bits per heavy atom. The standard InChI is InChI=1S/C12H16NO/c1-13(2,3)11-8-10-6-4-5-7-12(10)14-9-11/h4-8H,9H2,1-3H3/q+1. The highest BCUT2D eigenvalue weighted by Crippen LogP contribution is 2.27. The molecule has 1 aliphatic heterocycles. The first-order valence-corrected chi connectivity index (χ1v) is 4.82. The summed E-state index contributed by atoms with van der Waals surface area (Å²) in [5.41, 5.74) is 2.48. The van der Waals surface area contributed by atoms with Gasteiger partial charge in [0.05, 0.1) is 21.1 Å². The van der Waals surface area contributed by atoms with Gasteiger partial charge in [0.1, 0.15) is 11.4 Å². The molecule has 0 bridgehead atoms. The highest BCUT2D eigenvalue weighted by atomic mass is 16.5. The molecule has 0 N–H and O–H groups in total. The molecule has 1 aromatic rings. The summed E-state index contributed by atoms with van der Waals surface area (Å²) in [5, 5.41) is 0. The van der Waals surface area contributed by atoms with E-state index in [4.69, 9.17) is 4.74 Å². The average Bonchev–Trinajstić information content (AvgIpc) is 2.16. The van der Waals surface area contributed by atoms with Crippen LogP contribution in [0.3, 0.4) is 0 Å². The molecule has 0 fully saturated rings. The van der Waals surface area contributed by atoms with Crippen LogP contribution in [-0.4, -0.2) is 32.2 Å². The van der Waals surface area contributed by atoms with Crippen LogP contribution in [0.4, 0.5) is 0 Å². The Balaban J connectivity index is 2.41. The fourth-order valence-corrected chi connectivity index (χ4v) is 1.49. The van der Waals surface area contributed by atoms with E-state index in [-0.39, 0.29) is 0 Å². The van der Waals surface area contributed by atoms with Gasteiger partial charge in [-0.15, -0.1) is 0 Å². The molecule has 0 aromatic heterocycles. The van der Waals surface area contributed by atoms with Gasteiger partial charge in [0.2, 0.25) is 0 Å². The van der Waals surface area contributed by atoms with Crippen LogP contribution in [0.15, 0.2) is 30.0 Å². The molecule has 0 unspecified atom stereocenters. The summed E-state index contributed by atoms with van der Waals surface area (Å²) in [6.07, 6.45) is 2.22. The lowest BCUT2D eigenvalue weighted by Crippen LogP contribution is -2.36. The molecule has 0 saturated carbocycles. The van der Waals surface area contributed by atoms with Crippen molar-refractivity contribution in [2.24, 2.45) is 0 Å². The van der Waals surface area contributed by atoms with E-state index in [0.717, 1.165) is 10.2 Å². The van der Waals surface area contributed by atoms with Crippen LogP contribution in [0.2, 0.25) is 0 Å². The van der Waals surface area contributed by atoms with Crippen molar-refractivity contribution < 1.29 is 9.22 Å². The van der Waals surface area contributed by atoms with Crippen LogP contribution in [-0.2, 0) is 0 Å². The highest BCUT2D eigenvalue weighted by molar-refractivity contribution is 5.60. The van der Waals surface area contributed by atoms with Crippen LogP contribution in [0.5, 0.6) is 5.75 Å². The van der Waals surface area contributed by atoms with Crippen LogP contribution >= 0.6 is 0 Å². The molecule has 74 valence electrons. The predicted octanol–water partition coefficient (Wildman–Crippen LogP) is 2.13. The van der Waals surface area contributed by atoms with Crippen LogP contribution < -0.4 is 4.74 Å².